The number of carbonyl (C=O) groups excluding carboxylic acids is 1. The molecule has 0 spiro atoms. The molecular weight excluding hydrogens is 323 g/mol. The fraction of sp³-hybridized carbons (Fsp3) is 0.312. The second-order valence-electron chi connectivity index (χ2n) is 5.40. The Morgan fingerprint density at radius 3 is 2.83 bits per heavy atom. The van der Waals surface area contributed by atoms with E-state index in [4.69, 9.17) is 4.74 Å². The summed E-state index contributed by atoms with van der Waals surface area (Å²) in [6, 6.07) is 5.09. The number of pyridine rings is 2. The summed E-state index contributed by atoms with van der Waals surface area (Å²) in [7, 11) is 0. The van der Waals surface area contributed by atoms with E-state index in [0.717, 1.165) is 18.3 Å². The lowest BCUT2D eigenvalue weighted by atomic mass is 10.2. The van der Waals surface area contributed by atoms with Crippen LogP contribution < -0.4 is 4.74 Å². The molecule has 5 nitrogen and oxygen atoms in total. The number of halogens is 3. The molecular formula is C16H14F3N3O2. The summed E-state index contributed by atoms with van der Waals surface area (Å²) in [6.45, 7) is 0.767. The molecule has 0 aromatic carbocycles. The molecule has 126 valence electrons. The summed E-state index contributed by atoms with van der Waals surface area (Å²) in [6.07, 6.45) is -0.188. The molecule has 3 heterocycles. The minimum Gasteiger partial charge on any atom is -0.472 e. The van der Waals surface area contributed by atoms with Crippen LogP contribution in [0.25, 0.3) is 0 Å². The highest BCUT2D eigenvalue weighted by Gasteiger charge is 2.32. The van der Waals surface area contributed by atoms with Crippen LogP contribution in [-0.4, -0.2) is 40.0 Å². The van der Waals surface area contributed by atoms with Crippen molar-refractivity contribution in [1.29, 1.82) is 0 Å². The third-order valence-corrected chi connectivity index (χ3v) is 3.69. The number of hydrogen-bond acceptors (Lipinski definition) is 4. The maximum Gasteiger partial charge on any atom is 0.416 e. The van der Waals surface area contributed by atoms with Crippen molar-refractivity contribution < 1.29 is 22.7 Å². The van der Waals surface area contributed by atoms with Crippen molar-refractivity contribution in [1.82, 2.24) is 14.9 Å². The van der Waals surface area contributed by atoms with Crippen LogP contribution >= 0.6 is 0 Å². The van der Waals surface area contributed by atoms with Gasteiger partial charge in [-0.2, -0.15) is 13.2 Å². The minimum absolute atomic E-state index is 0.0921. The zero-order valence-electron chi connectivity index (χ0n) is 12.5. The number of rotatable bonds is 3. The average molecular weight is 337 g/mol. The molecule has 1 aliphatic rings. The standard InChI is InChI=1S/C16H14F3N3O2/c17-16(18,19)12-3-6-21-14(8-12)24-13-4-7-22(10-13)15(23)11-2-1-5-20-9-11/h1-3,5-6,8-9,13H,4,7,10H2/t13-/m0/s1. The fourth-order valence-corrected chi connectivity index (χ4v) is 2.50. The van der Waals surface area contributed by atoms with Gasteiger partial charge >= 0.3 is 6.18 Å². The average Bonchev–Trinajstić information content (AvgIpc) is 3.03. The second kappa shape index (κ2) is 6.46. The smallest absolute Gasteiger partial charge is 0.416 e. The zero-order chi connectivity index (χ0) is 17.2. The van der Waals surface area contributed by atoms with Gasteiger partial charge < -0.3 is 9.64 Å². The first-order valence-electron chi connectivity index (χ1n) is 7.33. The Balaban J connectivity index is 1.64. The van der Waals surface area contributed by atoms with E-state index in [1.807, 2.05) is 0 Å². The molecule has 0 saturated carbocycles. The number of likely N-dealkylation sites (tertiary alicyclic amines) is 1. The highest BCUT2D eigenvalue weighted by Crippen LogP contribution is 2.31. The van der Waals surface area contributed by atoms with E-state index in [0.29, 0.717) is 25.1 Å². The summed E-state index contributed by atoms with van der Waals surface area (Å²) < 4.78 is 43.6. The van der Waals surface area contributed by atoms with Crippen molar-refractivity contribution in [2.75, 3.05) is 13.1 Å². The Morgan fingerprint density at radius 2 is 2.12 bits per heavy atom. The van der Waals surface area contributed by atoms with E-state index >= 15 is 0 Å². The van der Waals surface area contributed by atoms with E-state index in [2.05, 4.69) is 9.97 Å². The van der Waals surface area contributed by atoms with Gasteiger partial charge in [0.15, 0.2) is 0 Å². The van der Waals surface area contributed by atoms with Crippen molar-refractivity contribution in [3.8, 4) is 5.88 Å². The molecule has 1 saturated heterocycles. The molecule has 0 unspecified atom stereocenters. The maximum absolute atomic E-state index is 12.7. The van der Waals surface area contributed by atoms with E-state index < -0.39 is 11.7 Å². The second-order valence-corrected chi connectivity index (χ2v) is 5.40. The molecule has 2 aromatic rings. The normalized spacial score (nSPS) is 17.8. The van der Waals surface area contributed by atoms with Crippen LogP contribution in [0.15, 0.2) is 42.9 Å². The van der Waals surface area contributed by atoms with Gasteiger partial charge in [0.2, 0.25) is 5.88 Å². The number of nitrogens with zero attached hydrogens (tertiary/aromatic N) is 3. The monoisotopic (exact) mass is 337 g/mol. The van der Waals surface area contributed by atoms with Gasteiger partial charge in [-0.15, -0.1) is 0 Å². The van der Waals surface area contributed by atoms with Crippen LogP contribution in [-0.2, 0) is 6.18 Å². The van der Waals surface area contributed by atoms with Crippen LogP contribution in [0.5, 0.6) is 5.88 Å². The number of amides is 1. The van der Waals surface area contributed by atoms with Gasteiger partial charge in [-0.3, -0.25) is 9.78 Å². The van der Waals surface area contributed by atoms with Crippen LogP contribution in [0.2, 0.25) is 0 Å². The first-order chi connectivity index (χ1) is 11.4. The fourth-order valence-electron chi connectivity index (χ4n) is 2.50. The van der Waals surface area contributed by atoms with E-state index in [9.17, 15) is 18.0 Å². The molecule has 0 N–H and O–H groups in total. The van der Waals surface area contributed by atoms with Crippen LogP contribution in [0, 0.1) is 0 Å². The van der Waals surface area contributed by atoms with Gasteiger partial charge in [0.1, 0.15) is 6.10 Å². The van der Waals surface area contributed by atoms with Crippen molar-refractivity contribution in [2.24, 2.45) is 0 Å². The van der Waals surface area contributed by atoms with Crippen LogP contribution in [0.3, 0.4) is 0 Å². The zero-order valence-corrected chi connectivity index (χ0v) is 12.5. The SMILES string of the molecule is O=C(c1cccnc1)N1CC[C@H](Oc2cc(C(F)(F)F)ccn2)C1. The lowest BCUT2D eigenvalue weighted by molar-refractivity contribution is -0.137. The lowest BCUT2D eigenvalue weighted by Gasteiger charge is -2.17. The number of carbonyl (C=O) groups is 1. The first-order valence-corrected chi connectivity index (χ1v) is 7.33. The minimum atomic E-state index is -4.45. The van der Waals surface area contributed by atoms with Gasteiger partial charge in [-0.25, -0.2) is 4.98 Å². The molecule has 3 rings (SSSR count). The number of hydrogen-bond donors (Lipinski definition) is 0. The van der Waals surface area contributed by atoms with Gasteiger partial charge in [-0.1, -0.05) is 0 Å². The molecule has 1 atom stereocenters. The highest BCUT2D eigenvalue weighted by molar-refractivity contribution is 5.94. The summed E-state index contributed by atoms with van der Waals surface area (Å²) in [4.78, 5) is 21.6. The summed E-state index contributed by atoms with van der Waals surface area (Å²) in [5, 5.41) is 0. The van der Waals surface area contributed by atoms with E-state index in [1.165, 1.54) is 6.20 Å². The van der Waals surface area contributed by atoms with E-state index in [-0.39, 0.29) is 17.9 Å². The molecule has 0 radical (unpaired) electrons. The van der Waals surface area contributed by atoms with Crippen molar-refractivity contribution >= 4 is 5.91 Å². The Hall–Kier alpha value is -2.64. The Kier molecular flexibility index (Phi) is 4.37. The number of aromatic nitrogens is 2. The molecule has 0 bridgehead atoms. The lowest BCUT2D eigenvalue weighted by Crippen LogP contribution is -2.31. The quantitative estimate of drug-likeness (QED) is 0.864. The molecule has 2 aromatic heterocycles. The third-order valence-electron chi connectivity index (χ3n) is 3.69. The first kappa shape index (κ1) is 16.2. The molecule has 1 fully saturated rings. The predicted octanol–water partition coefficient (Wildman–Crippen LogP) is 2.79. The Morgan fingerprint density at radius 1 is 1.29 bits per heavy atom. The largest absolute Gasteiger partial charge is 0.472 e. The molecule has 24 heavy (non-hydrogen) atoms. The maximum atomic E-state index is 12.7. The molecule has 1 aliphatic heterocycles. The molecule has 8 heteroatoms. The van der Waals surface area contributed by atoms with Gasteiger partial charge in [0, 0.05) is 37.6 Å². The van der Waals surface area contributed by atoms with Crippen molar-refractivity contribution in [3.05, 3.63) is 54.0 Å². The van der Waals surface area contributed by atoms with Crippen molar-refractivity contribution in [2.45, 2.75) is 18.7 Å². The number of alkyl halides is 3. The Labute approximate surface area is 136 Å². The molecule has 0 aliphatic carbocycles. The topological polar surface area (TPSA) is 55.3 Å². The van der Waals surface area contributed by atoms with Crippen LogP contribution in [0.4, 0.5) is 13.2 Å². The summed E-state index contributed by atoms with van der Waals surface area (Å²) in [5.41, 5.74) is -0.343. The van der Waals surface area contributed by atoms with Crippen LogP contribution in [0.1, 0.15) is 22.3 Å². The Bertz CT molecular complexity index is 722. The predicted molar refractivity (Wildman–Crippen MR) is 78.4 cm³/mol. The molecule has 1 amide bonds. The highest BCUT2D eigenvalue weighted by atomic mass is 19.4. The van der Waals surface area contributed by atoms with E-state index in [1.54, 1.807) is 23.2 Å². The van der Waals surface area contributed by atoms with Gasteiger partial charge in [0.05, 0.1) is 17.7 Å². The summed E-state index contributed by atoms with van der Waals surface area (Å²) in [5.74, 6) is -0.267. The van der Waals surface area contributed by atoms with Crippen molar-refractivity contribution in [3.63, 3.8) is 0 Å². The summed E-state index contributed by atoms with van der Waals surface area (Å²) >= 11 is 0. The van der Waals surface area contributed by atoms with Gasteiger partial charge in [-0.05, 0) is 18.2 Å². The third kappa shape index (κ3) is 3.64. The number of ether oxygens (including phenoxy) is 1. The van der Waals surface area contributed by atoms with Gasteiger partial charge in [0.25, 0.3) is 5.91 Å².